The monoisotopic (exact) mass is 408 g/mol. The van der Waals surface area contributed by atoms with Crippen LogP contribution in [-0.4, -0.2) is 31.5 Å². The van der Waals surface area contributed by atoms with E-state index in [0.717, 1.165) is 5.56 Å². The van der Waals surface area contributed by atoms with Crippen LogP contribution in [0.3, 0.4) is 0 Å². The number of ether oxygens (including phenoxy) is 1. The molecule has 0 atom stereocenters. The van der Waals surface area contributed by atoms with Gasteiger partial charge in [0.05, 0.1) is 5.02 Å². The summed E-state index contributed by atoms with van der Waals surface area (Å²) in [5.74, 6) is 0.0459. The molecule has 0 radical (unpaired) electrons. The molecule has 2 amide bonds. The molecule has 0 unspecified atom stereocenters. The Balaban J connectivity index is 1.58. The fourth-order valence-electron chi connectivity index (χ4n) is 2.29. The Hall–Kier alpha value is -2.24. The van der Waals surface area contributed by atoms with Gasteiger partial charge >= 0.3 is 0 Å². The minimum absolute atomic E-state index is 0.0472. The van der Waals surface area contributed by atoms with Gasteiger partial charge in [-0.2, -0.15) is 0 Å². The second-order valence-corrected chi connectivity index (χ2v) is 6.89. The highest BCUT2D eigenvalue weighted by atomic mass is 35.5. The minimum Gasteiger partial charge on any atom is -0.482 e. The van der Waals surface area contributed by atoms with Gasteiger partial charge in [-0.15, -0.1) is 0 Å². The molecule has 0 saturated heterocycles. The van der Waals surface area contributed by atoms with Crippen LogP contribution in [0.15, 0.2) is 42.5 Å². The summed E-state index contributed by atoms with van der Waals surface area (Å²) in [5.41, 5.74) is 2.32. The zero-order valence-electron chi connectivity index (χ0n) is 15.1. The molecule has 0 aliphatic carbocycles. The third kappa shape index (κ3) is 7.89. The number of benzene rings is 2. The molecular weight excluding hydrogens is 387 g/mol. The molecule has 0 aliphatic heterocycles. The summed E-state index contributed by atoms with van der Waals surface area (Å²) in [6.07, 6.45) is 1.10. The third-order valence-corrected chi connectivity index (χ3v) is 4.31. The van der Waals surface area contributed by atoms with Crippen molar-refractivity contribution in [2.45, 2.75) is 19.8 Å². The average Bonchev–Trinajstić information content (AvgIpc) is 2.64. The second kappa shape index (κ2) is 10.8. The lowest BCUT2D eigenvalue weighted by molar-refractivity contribution is -0.124. The first-order valence-corrected chi connectivity index (χ1v) is 9.36. The molecule has 0 bridgehead atoms. The Morgan fingerprint density at radius 2 is 1.63 bits per heavy atom. The van der Waals surface area contributed by atoms with Crippen molar-refractivity contribution in [1.82, 2.24) is 10.6 Å². The van der Waals surface area contributed by atoms with E-state index in [2.05, 4.69) is 10.6 Å². The maximum absolute atomic E-state index is 11.8. The second-order valence-electron chi connectivity index (χ2n) is 6.05. The summed E-state index contributed by atoms with van der Waals surface area (Å²) in [6.45, 7) is 2.55. The SMILES string of the molecule is Cc1ccc(CCC(=O)NCCNC(=O)COc2ccc(Cl)cc2Cl)cc1. The fourth-order valence-corrected chi connectivity index (χ4v) is 2.75. The molecule has 0 saturated carbocycles. The highest BCUT2D eigenvalue weighted by Crippen LogP contribution is 2.27. The van der Waals surface area contributed by atoms with Crippen LogP contribution in [0.1, 0.15) is 17.5 Å². The molecule has 0 spiro atoms. The van der Waals surface area contributed by atoms with Gasteiger partial charge in [0.1, 0.15) is 5.75 Å². The van der Waals surface area contributed by atoms with E-state index < -0.39 is 0 Å². The molecule has 2 aromatic carbocycles. The quantitative estimate of drug-likeness (QED) is 0.623. The van der Waals surface area contributed by atoms with E-state index in [-0.39, 0.29) is 18.4 Å². The van der Waals surface area contributed by atoms with Crippen molar-refractivity contribution in [2.24, 2.45) is 0 Å². The van der Waals surface area contributed by atoms with Gasteiger partial charge in [0.25, 0.3) is 5.91 Å². The van der Waals surface area contributed by atoms with Crippen LogP contribution in [0.4, 0.5) is 0 Å². The maximum atomic E-state index is 11.8. The predicted molar refractivity (Wildman–Crippen MR) is 107 cm³/mol. The fraction of sp³-hybridized carbons (Fsp3) is 0.300. The average molecular weight is 409 g/mol. The number of carbonyl (C=O) groups is 2. The molecular formula is C20H22Cl2N2O3. The number of nitrogens with one attached hydrogen (secondary N) is 2. The van der Waals surface area contributed by atoms with Crippen LogP contribution in [0, 0.1) is 6.92 Å². The molecule has 0 aliphatic rings. The summed E-state index contributed by atoms with van der Waals surface area (Å²) in [4.78, 5) is 23.6. The lowest BCUT2D eigenvalue weighted by Crippen LogP contribution is -2.36. The normalized spacial score (nSPS) is 10.3. The van der Waals surface area contributed by atoms with Crippen molar-refractivity contribution in [1.29, 1.82) is 0 Å². The Morgan fingerprint density at radius 1 is 0.963 bits per heavy atom. The molecule has 2 rings (SSSR count). The van der Waals surface area contributed by atoms with Crippen LogP contribution in [0.5, 0.6) is 5.75 Å². The summed E-state index contributed by atoms with van der Waals surface area (Å²) >= 11 is 11.8. The number of aryl methyl sites for hydroxylation is 2. The minimum atomic E-state index is -0.296. The van der Waals surface area contributed by atoms with Crippen LogP contribution < -0.4 is 15.4 Å². The van der Waals surface area contributed by atoms with Crippen molar-refractivity contribution < 1.29 is 14.3 Å². The van der Waals surface area contributed by atoms with Gasteiger partial charge in [-0.25, -0.2) is 0 Å². The first-order valence-electron chi connectivity index (χ1n) is 8.61. The highest BCUT2D eigenvalue weighted by Gasteiger charge is 2.07. The number of hydrogen-bond acceptors (Lipinski definition) is 3. The maximum Gasteiger partial charge on any atom is 0.258 e. The van der Waals surface area contributed by atoms with E-state index in [1.165, 1.54) is 5.56 Å². The molecule has 0 fully saturated rings. The van der Waals surface area contributed by atoms with E-state index in [1.54, 1.807) is 18.2 Å². The standard InChI is InChI=1S/C20H22Cl2N2O3/c1-14-2-4-15(5-3-14)6-9-19(25)23-10-11-24-20(26)13-27-18-8-7-16(21)12-17(18)22/h2-5,7-8,12H,6,9-11,13H2,1H3,(H,23,25)(H,24,26). The van der Waals surface area contributed by atoms with Crippen molar-refractivity contribution in [3.63, 3.8) is 0 Å². The van der Waals surface area contributed by atoms with Gasteiger partial charge in [-0.1, -0.05) is 53.0 Å². The summed E-state index contributed by atoms with van der Waals surface area (Å²) in [6, 6.07) is 12.9. The molecule has 2 N–H and O–H groups in total. The Kier molecular flexibility index (Phi) is 8.43. The van der Waals surface area contributed by atoms with E-state index >= 15 is 0 Å². The molecule has 7 heteroatoms. The van der Waals surface area contributed by atoms with E-state index in [0.29, 0.717) is 41.7 Å². The van der Waals surface area contributed by atoms with Crippen molar-refractivity contribution >= 4 is 35.0 Å². The predicted octanol–water partition coefficient (Wildman–Crippen LogP) is 3.55. The number of rotatable bonds is 9. The van der Waals surface area contributed by atoms with Crippen LogP contribution in [-0.2, 0) is 16.0 Å². The van der Waals surface area contributed by atoms with Gasteiger partial charge in [-0.3, -0.25) is 9.59 Å². The van der Waals surface area contributed by atoms with Gasteiger partial charge in [-0.05, 0) is 37.1 Å². The number of amides is 2. The molecule has 5 nitrogen and oxygen atoms in total. The van der Waals surface area contributed by atoms with Gasteiger partial charge in [0.15, 0.2) is 6.61 Å². The van der Waals surface area contributed by atoms with Crippen molar-refractivity contribution in [2.75, 3.05) is 19.7 Å². The number of halogens is 2. The Morgan fingerprint density at radius 3 is 2.30 bits per heavy atom. The zero-order chi connectivity index (χ0) is 19.6. The van der Waals surface area contributed by atoms with Gasteiger partial charge < -0.3 is 15.4 Å². The largest absolute Gasteiger partial charge is 0.482 e. The first-order chi connectivity index (χ1) is 12.9. The molecule has 27 heavy (non-hydrogen) atoms. The summed E-state index contributed by atoms with van der Waals surface area (Å²) in [5, 5.41) is 6.29. The number of carbonyl (C=O) groups excluding carboxylic acids is 2. The lowest BCUT2D eigenvalue weighted by Gasteiger charge is -2.09. The van der Waals surface area contributed by atoms with Crippen molar-refractivity contribution in [3.8, 4) is 5.75 Å². The van der Waals surface area contributed by atoms with Gasteiger partial charge in [0, 0.05) is 24.5 Å². The Bertz CT molecular complexity index is 779. The Labute approximate surface area is 169 Å². The molecule has 2 aromatic rings. The van der Waals surface area contributed by atoms with E-state index in [4.69, 9.17) is 27.9 Å². The van der Waals surface area contributed by atoms with Crippen molar-refractivity contribution in [3.05, 3.63) is 63.6 Å². The highest BCUT2D eigenvalue weighted by molar-refractivity contribution is 6.35. The molecule has 0 aromatic heterocycles. The molecule has 144 valence electrons. The van der Waals surface area contributed by atoms with E-state index in [1.807, 2.05) is 31.2 Å². The van der Waals surface area contributed by atoms with E-state index in [9.17, 15) is 9.59 Å². The number of hydrogen-bond donors (Lipinski definition) is 2. The summed E-state index contributed by atoms with van der Waals surface area (Å²) < 4.78 is 5.34. The van der Waals surface area contributed by atoms with Crippen LogP contribution in [0.25, 0.3) is 0 Å². The zero-order valence-corrected chi connectivity index (χ0v) is 16.6. The molecule has 0 heterocycles. The topological polar surface area (TPSA) is 67.4 Å². The lowest BCUT2D eigenvalue weighted by atomic mass is 10.1. The third-order valence-electron chi connectivity index (χ3n) is 3.78. The first kappa shape index (κ1) is 21.1. The van der Waals surface area contributed by atoms with Gasteiger partial charge in [0.2, 0.25) is 5.91 Å². The van der Waals surface area contributed by atoms with Crippen LogP contribution in [0.2, 0.25) is 10.0 Å². The summed E-state index contributed by atoms with van der Waals surface area (Å²) in [7, 11) is 0. The van der Waals surface area contributed by atoms with Crippen LogP contribution >= 0.6 is 23.2 Å². The smallest absolute Gasteiger partial charge is 0.258 e.